The van der Waals surface area contributed by atoms with E-state index in [4.69, 9.17) is 14.2 Å². The smallest absolute Gasteiger partial charge is 0.222 e. The zero-order chi connectivity index (χ0) is 21.7. The second kappa shape index (κ2) is 9.85. The maximum atomic E-state index is 12.3. The summed E-state index contributed by atoms with van der Waals surface area (Å²) in [6.07, 6.45) is 0.954. The van der Waals surface area contributed by atoms with E-state index in [2.05, 4.69) is 29.6 Å². The van der Waals surface area contributed by atoms with Gasteiger partial charge in [-0.3, -0.25) is 4.79 Å². The quantitative estimate of drug-likeness (QED) is 0.696. The molecule has 0 aromatic heterocycles. The number of carbonyl (C=O) groups is 1. The molecule has 1 aliphatic heterocycles. The Morgan fingerprint density at radius 3 is 2.33 bits per heavy atom. The average Bonchev–Trinajstić information content (AvgIpc) is 2.77. The van der Waals surface area contributed by atoms with E-state index < -0.39 is 0 Å². The van der Waals surface area contributed by atoms with Crippen LogP contribution in [0.4, 0.5) is 0 Å². The van der Waals surface area contributed by atoms with Crippen molar-refractivity contribution < 1.29 is 23.9 Å². The van der Waals surface area contributed by atoms with Crippen molar-refractivity contribution in [2.24, 2.45) is 5.92 Å². The molecular formula is C24H33N2O4+. The van der Waals surface area contributed by atoms with Gasteiger partial charge < -0.3 is 24.4 Å². The molecule has 6 nitrogen and oxygen atoms in total. The van der Waals surface area contributed by atoms with E-state index in [0.717, 1.165) is 36.8 Å². The zero-order valence-electron chi connectivity index (χ0n) is 18.6. The molecule has 0 saturated carbocycles. The van der Waals surface area contributed by atoms with Crippen molar-refractivity contribution in [3.63, 3.8) is 0 Å². The number of amides is 1. The van der Waals surface area contributed by atoms with E-state index in [-0.39, 0.29) is 17.9 Å². The van der Waals surface area contributed by atoms with Crippen molar-refractivity contribution in [2.75, 3.05) is 34.4 Å². The molecule has 0 fully saturated rings. The lowest BCUT2D eigenvalue weighted by Gasteiger charge is -2.35. The molecule has 2 N–H and O–H groups in total. The molecule has 2 aromatic rings. The van der Waals surface area contributed by atoms with E-state index in [0.29, 0.717) is 6.54 Å². The van der Waals surface area contributed by atoms with E-state index >= 15 is 0 Å². The number of carbonyl (C=O) groups excluding carboxylic acids is 1. The van der Waals surface area contributed by atoms with Gasteiger partial charge in [0.15, 0.2) is 11.5 Å². The predicted octanol–water partition coefficient (Wildman–Crippen LogP) is 2.17. The van der Waals surface area contributed by atoms with Crippen LogP contribution in [-0.4, -0.2) is 40.3 Å². The monoisotopic (exact) mass is 413 g/mol. The first kappa shape index (κ1) is 22.0. The normalized spacial score (nSPS) is 17.9. The highest BCUT2D eigenvalue weighted by molar-refractivity contribution is 5.77. The molecule has 0 aliphatic carbocycles. The number of hydrogen-bond donors (Lipinski definition) is 2. The molecule has 162 valence electrons. The van der Waals surface area contributed by atoms with Crippen LogP contribution in [0.3, 0.4) is 0 Å². The highest BCUT2D eigenvalue weighted by Gasteiger charge is 2.33. The Labute approximate surface area is 179 Å². The highest BCUT2D eigenvalue weighted by Crippen LogP contribution is 2.34. The topological polar surface area (TPSA) is 61.2 Å². The first-order valence-electron chi connectivity index (χ1n) is 10.5. The predicted molar refractivity (Wildman–Crippen MR) is 116 cm³/mol. The maximum absolute atomic E-state index is 12.3. The second-order valence-electron chi connectivity index (χ2n) is 8.04. The molecule has 6 heteroatoms. The van der Waals surface area contributed by atoms with Crippen molar-refractivity contribution in [3.8, 4) is 17.2 Å². The van der Waals surface area contributed by atoms with Crippen molar-refractivity contribution in [1.29, 1.82) is 0 Å². The lowest BCUT2D eigenvalue weighted by Crippen LogP contribution is -3.12. The fraction of sp³-hybridized carbons (Fsp3) is 0.458. The van der Waals surface area contributed by atoms with Crippen LogP contribution in [0.1, 0.15) is 36.6 Å². The molecule has 0 bridgehead atoms. The molecule has 2 aromatic carbocycles. The molecule has 0 saturated heterocycles. The second-order valence-corrected chi connectivity index (χ2v) is 8.04. The van der Waals surface area contributed by atoms with Crippen LogP contribution in [0.5, 0.6) is 17.2 Å². The number of methoxy groups -OCH3 is 3. The number of rotatable bonds is 8. The summed E-state index contributed by atoms with van der Waals surface area (Å²) in [5.74, 6) is 2.37. The van der Waals surface area contributed by atoms with E-state index in [1.54, 1.807) is 21.3 Å². The van der Waals surface area contributed by atoms with E-state index in [9.17, 15) is 4.79 Å². The lowest BCUT2D eigenvalue weighted by molar-refractivity contribution is -0.945. The van der Waals surface area contributed by atoms with Gasteiger partial charge >= 0.3 is 0 Å². The van der Waals surface area contributed by atoms with Crippen molar-refractivity contribution >= 4 is 5.91 Å². The van der Waals surface area contributed by atoms with Crippen LogP contribution in [0, 0.1) is 5.92 Å². The van der Waals surface area contributed by atoms with Crippen LogP contribution in [0.25, 0.3) is 0 Å². The SMILES string of the molecule is COc1ccc(C[NH+]2CCc3cc(OC)c(OC)cc3[C@@H]2CNC(=O)C(C)C)cc1. The van der Waals surface area contributed by atoms with Crippen LogP contribution in [-0.2, 0) is 17.8 Å². The third-order valence-electron chi connectivity index (χ3n) is 5.82. The number of hydrogen-bond acceptors (Lipinski definition) is 4. The molecule has 1 amide bonds. The number of quaternary nitrogens is 1. The minimum atomic E-state index is -0.0384. The number of ether oxygens (including phenoxy) is 3. The Morgan fingerprint density at radius 2 is 1.73 bits per heavy atom. The van der Waals surface area contributed by atoms with Gasteiger partial charge in [-0.2, -0.15) is 0 Å². The number of nitrogens with one attached hydrogen (secondary N) is 2. The zero-order valence-corrected chi connectivity index (χ0v) is 18.6. The summed E-state index contributed by atoms with van der Waals surface area (Å²) >= 11 is 0. The Kier molecular flexibility index (Phi) is 7.21. The summed E-state index contributed by atoms with van der Waals surface area (Å²) in [4.78, 5) is 13.7. The van der Waals surface area contributed by atoms with Crippen molar-refractivity contribution in [3.05, 3.63) is 53.1 Å². The van der Waals surface area contributed by atoms with Gasteiger partial charge in [0.1, 0.15) is 18.3 Å². The Bertz CT molecular complexity index is 864. The van der Waals surface area contributed by atoms with Gasteiger partial charge in [-0.05, 0) is 42.0 Å². The molecule has 1 heterocycles. The van der Waals surface area contributed by atoms with Gasteiger partial charge in [0, 0.05) is 23.5 Å². The first-order chi connectivity index (χ1) is 14.5. The van der Waals surface area contributed by atoms with Gasteiger partial charge in [0.05, 0.1) is 34.4 Å². The van der Waals surface area contributed by atoms with Crippen LogP contribution < -0.4 is 24.4 Å². The average molecular weight is 414 g/mol. The third kappa shape index (κ3) is 4.87. The highest BCUT2D eigenvalue weighted by atomic mass is 16.5. The summed E-state index contributed by atoms with van der Waals surface area (Å²) in [6, 6.07) is 12.5. The van der Waals surface area contributed by atoms with E-state index in [1.807, 2.05) is 26.0 Å². The fourth-order valence-corrected chi connectivity index (χ4v) is 4.05. The molecule has 2 atom stereocenters. The molecule has 1 aliphatic rings. The Morgan fingerprint density at radius 1 is 1.07 bits per heavy atom. The van der Waals surface area contributed by atoms with Gasteiger partial charge in [0.25, 0.3) is 0 Å². The largest absolute Gasteiger partial charge is 0.497 e. The molecular weight excluding hydrogens is 380 g/mol. The number of fused-ring (bicyclic) bond motifs is 1. The van der Waals surface area contributed by atoms with Gasteiger partial charge in [0.2, 0.25) is 5.91 Å². The standard InChI is InChI=1S/C24H32N2O4/c1-16(2)24(27)25-14-21-20-13-23(30-5)22(29-4)12-18(20)10-11-26(21)15-17-6-8-19(28-3)9-7-17/h6-9,12-13,16,21H,10-11,14-15H2,1-5H3,(H,25,27)/p+1/t21-/m0/s1. The van der Waals surface area contributed by atoms with Crippen LogP contribution in [0.15, 0.2) is 36.4 Å². The Hall–Kier alpha value is -2.73. The first-order valence-corrected chi connectivity index (χ1v) is 10.5. The number of benzene rings is 2. The summed E-state index contributed by atoms with van der Waals surface area (Å²) in [5, 5.41) is 3.14. The molecule has 30 heavy (non-hydrogen) atoms. The fourth-order valence-electron chi connectivity index (χ4n) is 4.05. The maximum Gasteiger partial charge on any atom is 0.222 e. The van der Waals surface area contributed by atoms with Gasteiger partial charge in [-0.25, -0.2) is 0 Å². The van der Waals surface area contributed by atoms with Crippen LogP contribution in [0.2, 0.25) is 0 Å². The van der Waals surface area contributed by atoms with Crippen molar-refractivity contribution in [1.82, 2.24) is 5.32 Å². The Balaban J connectivity index is 1.90. The summed E-state index contributed by atoms with van der Waals surface area (Å²) in [7, 11) is 5.00. The van der Waals surface area contributed by atoms with Crippen molar-refractivity contribution in [2.45, 2.75) is 32.9 Å². The summed E-state index contributed by atoms with van der Waals surface area (Å²) < 4.78 is 16.3. The third-order valence-corrected chi connectivity index (χ3v) is 5.82. The summed E-state index contributed by atoms with van der Waals surface area (Å²) in [6.45, 7) is 6.28. The molecule has 0 spiro atoms. The molecule has 1 unspecified atom stereocenters. The summed E-state index contributed by atoms with van der Waals surface area (Å²) in [5.41, 5.74) is 3.72. The molecule has 0 radical (unpaired) electrons. The lowest BCUT2D eigenvalue weighted by atomic mass is 9.91. The minimum absolute atomic E-state index is 0.0384. The molecule has 3 rings (SSSR count). The minimum Gasteiger partial charge on any atom is -0.497 e. The van der Waals surface area contributed by atoms with E-state index in [1.165, 1.54) is 21.6 Å². The van der Waals surface area contributed by atoms with Gasteiger partial charge in [-0.1, -0.05) is 13.8 Å². The van der Waals surface area contributed by atoms with Gasteiger partial charge in [-0.15, -0.1) is 0 Å². The van der Waals surface area contributed by atoms with Crippen LogP contribution >= 0.6 is 0 Å².